The molecule has 0 aliphatic carbocycles. The van der Waals surface area contributed by atoms with Gasteiger partial charge in [-0.15, -0.1) is 0 Å². The summed E-state index contributed by atoms with van der Waals surface area (Å²) in [5.41, 5.74) is 1.18. The lowest BCUT2D eigenvalue weighted by Gasteiger charge is -2.27. The molecule has 104 valence electrons. The molecular weight excluding hydrogens is 238 g/mol. The molecule has 0 radical (unpaired) electrons. The number of nitrogens with one attached hydrogen (secondary N) is 2. The van der Waals surface area contributed by atoms with Crippen LogP contribution in [0.3, 0.4) is 0 Å². The van der Waals surface area contributed by atoms with Gasteiger partial charge in [-0.1, -0.05) is 37.3 Å². The topological polar surface area (TPSA) is 44.4 Å². The average molecular weight is 261 g/mol. The maximum Gasteiger partial charge on any atom is 0.234 e. The maximum absolute atomic E-state index is 12.1. The van der Waals surface area contributed by atoms with Gasteiger partial charge in [0, 0.05) is 26.2 Å². The van der Waals surface area contributed by atoms with Crippen molar-refractivity contribution in [3.63, 3.8) is 0 Å². The maximum atomic E-state index is 12.1. The van der Waals surface area contributed by atoms with Gasteiger partial charge < -0.3 is 10.6 Å². The van der Waals surface area contributed by atoms with Crippen molar-refractivity contribution in [2.45, 2.75) is 19.4 Å². The second-order valence-corrected chi connectivity index (χ2v) is 4.97. The van der Waals surface area contributed by atoms with E-state index in [1.807, 2.05) is 18.2 Å². The minimum atomic E-state index is 0.122. The van der Waals surface area contributed by atoms with E-state index < -0.39 is 0 Å². The van der Waals surface area contributed by atoms with Crippen molar-refractivity contribution in [1.82, 2.24) is 15.5 Å². The van der Waals surface area contributed by atoms with Gasteiger partial charge in [0.15, 0.2) is 0 Å². The predicted octanol–water partition coefficient (Wildman–Crippen LogP) is 1.16. The highest BCUT2D eigenvalue weighted by Crippen LogP contribution is 2.15. The van der Waals surface area contributed by atoms with Crippen LogP contribution in [0.1, 0.15) is 24.9 Å². The van der Waals surface area contributed by atoms with Crippen molar-refractivity contribution in [1.29, 1.82) is 0 Å². The summed E-state index contributed by atoms with van der Waals surface area (Å²) < 4.78 is 0. The lowest BCUT2D eigenvalue weighted by Crippen LogP contribution is -2.47. The first kappa shape index (κ1) is 14.0. The zero-order chi connectivity index (χ0) is 13.5. The molecule has 1 aromatic rings. The van der Waals surface area contributed by atoms with Crippen LogP contribution in [0.5, 0.6) is 0 Å². The predicted molar refractivity (Wildman–Crippen MR) is 76.9 cm³/mol. The minimum absolute atomic E-state index is 0.122. The largest absolute Gasteiger partial charge is 0.348 e. The molecule has 1 amide bonds. The molecule has 4 nitrogen and oxygen atoms in total. The molecule has 1 heterocycles. The van der Waals surface area contributed by atoms with Gasteiger partial charge in [-0.05, 0) is 12.0 Å². The summed E-state index contributed by atoms with van der Waals surface area (Å²) in [6.45, 7) is 6.46. The molecule has 1 aliphatic rings. The van der Waals surface area contributed by atoms with E-state index in [2.05, 4.69) is 34.6 Å². The lowest BCUT2D eigenvalue weighted by atomic mass is 10.0. The summed E-state index contributed by atoms with van der Waals surface area (Å²) in [6.07, 6.45) is 0.914. The Morgan fingerprint density at radius 3 is 2.63 bits per heavy atom. The van der Waals surface area contributed by atoms with E-state index in [1.165, 1.54) is 5.56 Å². The Labute approximate surface area is 115 Å². The van der Waals surface area contributed by atoms with Crippen LogP contribution in [0.4, 0.5) is 0 Å². The number of nitrogens with zero attached hydrogens (tertiary/aromatic N) is 1. The van der Waals surface area contributed by atoms with E-state index in [-0.39, 0.29) is 11.9 Å². The number of hydrogen-bond acceptors (Lipinski definition) is 3. The normalized spacial score (nSPS) is 17.9. The van der Waals surface area contributed by atoms with Gasteiger partial charge in [0.2, 0.25) is 5.91 Å². The lowest BCUT2D eigenvalue weighted by molar-refractivity contribution is -0.123. The quantitative estimate of drug-likeness (QED) is 0.836. The average Bonchev–Trinajstić information content (AvgIpc) is 2.47. The summed E-state index contributed by atoms with van der Waals surface area (Å²) in [4.78, 5) is 14.3. The van der Waals surface area contributed by atoms with Crippen molar-refractivity contribution >= 4 is 5.91 Å². The molecule has 1 atom stereocenters. The van der Waals surface area contributed by atoms with E-state index in [4.69, 9.17) is 0 Å². The zero-order valence-electron chi connectivity index (χ0n) is 11.6. The number of carbonyl (C=O) groups excluding carboxylic acids is 1. The SMILES string of the molecule is CCC(NC(=O)CN1CCNCC1)c1ccccc1. The molecule has 4 heteroatoms. The highest BCUT2D eigenvalue weighted by Gasteiger charge is 2.16. The first-order valence-corrected chi connectivity index (χ1v) is 7.07. The summed E-state index contributed by atoms with van der Waals surface area (Å²) in [5.74, 6) is 0.123. The standard InChI is InChI=1S/C15H23N3O/c1-2-14(13-6-4-3-5-7-13)17-15(19)12-18-10-8-16-9-11-18/h3-7,14,16H,2,8-12H2,1H3,(H,17,19). The Balaban J connectivity index is 1.85. The fourth-order valence-electron chi connectivity index (χ4n) is 2.42. The van der Waals surface area contributed by atoms with Crippen LogP contribution in [0.15, 0.2) is 30.3 Å². The van der Waals surface area contributed by atoms with Crippen molar-refractivity contribution in [3.05, 3.63) is 35.9 Å². The number of carbonyl (C=O) groups is 1. The Kier molecular flexibility index (Phi) is 5.36. The van der Waals surface area contributed by atoms with Gasteiger partial charge >= 0.3 is 0 Å². The Bertz CT molecular complexity index is 388. The van der Waals surface area contributed by atoms with Gasteiger partial charge in [0.25, 0.3) is 0 Å². The molecule has 0 aromatic heterocycles. The number of amides is 1. The number of rotatable bonds is 5. The van der Waals surface area contributed by atoms with Crippen LogP contribution >= 0.6 is 0 Å². The first-order chi connectivity index (χ1) is 9.29. The molecular formula is C15H23N3O. The third-order valence-corrected chi connectivity index (χ3v) is 3.52. The van der Waals surface area contributed by atoms with Crippen LogP contribution in [-0.2, 0) is 4.79 Å². The van der Waals surface area contributed by atoms with E-state index in [0.29, 0.717) is 6.54 Å². The van der Waals surface area contributed by atoms with Gasteiger partial charge in [-0.3, -0.25) is 9.69 Å². The molecule has 2 rings (SSSR count). The zero-order valence-corrected chi connectivity index (χ0v) is 11.6. The Morgan fingerprint density at radius 1 is 1.32 bits per heavy atom. The number of piperazine rings is 1. The minimum Gasteiger partial charge on any atom is -0.348 e. The van der Waals surface area contributed by atoms with E-state index >= 15 is 0 Å². The highest BCUT2D eigenvalue weighted by molar-refractivity contribution is 5.78. The molecule has 0 spiro atoms. The molecule has 1 saturated heterocycles. The molecule has 0 bridgehead atoms. The van der Waals surface area contributed by atoms with Crippen molar-refractivity contribution < 1.29 is 4.79 Å². The number of benzene rings is 1. The highest BCUT2D eigenvalue weighted by atomic mass is 16.2. The van der Waals surface area contributed by atoms with Crippen LogP contribution < -0.4 is 10.6 Å². The molecule has 2 N–H and O–H groups in total. The summed E-state index contributed by atoms with van der Waals surface area (Å²) in [5, 5.41) is 6.42. The van der Waals surface area contributed by atoms with Gasteiger partial charge in [0.05, 0.1) is 12.6 Å². The fraction of sp³-hybridized carbons (Fsp3) is 0.533. The summed E-state index contributed by atoms with van der Waals surface area (Å²) in [6, 6.07) is 10.3. The number of hydrogen-bond donors (Lipinski definition) is 2. The summed E-state index contributed by atoms with van der Waals surface area (Å²) in [7, 11) is 0. The fourth-order valence-corrected chi connectivity index (χ4v) is 2.42. The molecule has 0 saturated carbocycles. The Morgan fingerprint density at radius 2 is 2.00 bits per heavy atom. The molecule has 1 fully saturated rings. The molecule has 1 aromatic carbocycles. The van der Waals surface area contributed by atoms with Crippen LogP contribution in [-0.4, -0.2) is 43.5 Å². The summed E-state index contributed by atoms with van der Waals surface area (Å²) >= 11 is 0. The molecule has 1 aliphatic heterocycles. The molecule has 1 unspecified atom stereocenters. The monoisotopic (exact) mass is 261 g/mol. The van der Waals surface area contributed by atoms with Gasteiger partial charge in [-0.25, -0.2) is 0 Å². The van der Waals surface area contributed by atoms with Crippen LogP contribution in [0, 0.1) is 0 Å². The first-order valence-electron chi connectivity index (χ1n) is 7.07. The third kappa shape index (κ3) is 4.33. The van der Waals surface area contributed by atoms with Crippen molar-refractivity contribution in [3.8, 4) is 0 Å². The van der Waals surface area contributed by atoms with Crippen LogP contribution in [0.25, 0.3) is 0 Å². The van der Waals surface area contributed by atoms with E-state index in [0.717, 1.165) is 32.6 Å². The molecule has 19 heavy (non-hydrogen) atoms. The van der Waals surface area contributed by atoms with Crippen molar-refractivity contribution in [2.75, 3.05) is 32.7 Å². The second kappa shape index (κ2) is 7.26. The Hall–Kier alpha value is -1.39. The van der Waals surface area contributed by atoms with E-state index in [9.17, 15) is 4.79 Å². The smallest absolute Gasteiger partial charge is 0.234 e. The third-order valence-electron chi connectivity index (χ3n) is 3.52. The van der Waals surface area contributed by atoms with E-state index in [1.54, 1.807) is 0 Å². The van der Waals surface area contributed by atoms with Crippen molar-refractivity contribution in [2.24, 2.45) is 0 Å². The second-order valence-electron chi connectivity index (χ2n) is 4.97. The van der Waals surface area contributed by atoms with Crippen LogP contribution in [0.2, 0.25) is 0 Å². The van der Waals surface area contributed by atoms with Gasteiger partial charge in [-0.2, -0.15) is 0 Å². The van der Waals surface area contributed by atoms with Gasteiger partial charge in [0.1, 0.15) is 0 Å².